The molecule has 5 heteroatoms. The van der Waals surface area contributed by atoms with Gasteiger partial charge in [-0.25, -0.2) is 4.98 Å². The predicted octanol–water partition coefficient (Wildman–Crippen LogP) is 2.04. The number of aryl methyl sites for hydroxylation is 1. The number of aromatic nitrogens is 3. The predicted molar refractivity (Wildman–Crippen MR) is 72.7 cm³/mol. The highest BCUT2D eigenvalue weighted by atomic mass is 16.5. The summed E-state index contributed by atoms with van der Waals surface area (Å²) in [7, 11) is 1.98. The minimum absolute atomic E-state index is 0.0865. The lowest BCUT2D eigenvalue weighted by atomic mass is 9.89. The molecule has 0 spiro atoms. The third-order valence-corrected chi connectivity index (χ3v) is 4.44. The lowest BCUT2D eigenvalue weighted by Gasteiger charge is -2.18. The van der Waals surface area contributed by atoms with Gasteiger partial charge >= 0.3 is 0 Å². The average Bonchev–Trinajstić information content (AvgIpc) is 3.06. The van der Waals surface area contributed by atoms with Gasteiger partial charge in [0.1, 0.15) is 6.10 Å². The first-order chi connectivity index (χ1) is 9.28. The Balaban J connectivity index is 1.74. The van der Waals surface area contributed by atoms with Crippen molar-refractivity contribution in [3.05, 3.63) is 11.6 Å². The zero-order valence-electron chi connectivity index (χ0n) is 11.7. The van der Waals surface area contributed by atoms with Crippen molar-refractivity contribution in [2.45, 2.75) is 63.1 Å². The first kappa shape index (κ1) is 13.1. The Kier molecular flexibility index (Phi) is 3.84. The summed E-state index contributed by atoms with van der Waals surface area (Å²) in [5.41, 5.74) is 5.67. The van der Waals surface area contributed by atoms with Crippen LogP contribution in [0.2, 0.25) is 0 Å². The summed E-state index contributed by atoms with van der Waals surface area (Å²) in [4.78, 5) is 4.77. The van der Waals surface area contributed by atoms with Crippen LogP contribution in [0.25, 0.3) is 0 Å². The maximum absolute atomic E-state index is 5.93. The Bertz CT molecular complexity index is 425. The highest BCUT2D eigenvalue weighted by Crippen LogP contribution is 2.34. The van der Waals surface area contributed by atoms with Crippen molar-refractivity contribution in [2.75, 3.05) is 6.54 Å². The lowest BCUT2D eigenvalue weighted by Crippen LogP contribution is -2.19. The molecule has 0 aromatic carbocycles. The van der Waals surface area contributed by atoms with E-state index in [2.05, 4.69) is 5.10 Å². The molecule has 2 fully saturated rings. The second-order valence-corrected chi connectivity index (χ2v) is 5.85. The van der Waals surface area contributed by atoms with Gasteiger partial charge in [0.05, 0.1) is 6.10 Å². The molecule has 0 amide bonds. The van der Waals surface area contributed by atoms with Crippen molar-refractivity contribution >= 4 is 0 Å². The summed E-state index contributed by atoms with van der Waals surface area (Å²) >= 11 is 0. The Morgan fingerprint density at radius 2 is 2.00 bits per heavy atom. The number of hydrogen-bond acceptors (Lipinski definition) is 4. The van der Waals surface area contributed by atoms with E-state index in [0.717, 1.165) is 24.5 Å². The molecule has 2 heterocycles. The molecule has 5 nitrogen and oxygen atoms in total. The number of rotatable bonds is 3. The molecule has 1 aromatic heterocycles. The fourth-order valence-electron chi connectivity index (χ4n) is 3.30. The van der Waals surface area contributed by atoms with Crippen LogP contribution in [0.5, 0.6) is 0 Å². The van der Waals surface area contributed by atoms with Gasteiger partial charge in [-0.05, 0) is 25.7 Å². The first-order valence-electron chi connectivity index (χ1n) is 7.54. The zero-order valence-corrected chi connectivity index (χ0v) is 11.7. The molecule has 3 rings (SSSR count). The van der Waals surface area contributed by atoms with E-state index >= 15 is 0 Å². The molecule has 0 radical (unpaired) electrons. The van der Waals surface area contributed by atoms with Gasteiger partial charge in [0, 0.05) is 19.5 Å². The Morgan fingerprint density at radius 1 is 1.21 bits per heavy atom. The first-order valence-corrected chi connectivity index (χ1v) is 7.54. The maximum Gasteiger partial charge on any atom is 0.156 e. The molecule has 2 N–H and O–H groups in total. The molecule has 2 unspecified atom stereocenters. The number of ether oxygens (including phenoxy) is 1. The molecule has 2 atom stereocenters. The van der Waals surface area contributed by atoms with Crippen LogP contribution >= 0.6 is 0 Å². The van der Waals surface area contributed by atoms with Crippen molar-refractivity contribution in [1.82, 2.24) is 14.8 Å². The number of nitrogens with zero attached hydrogens (tertiary/aromatic N) is 3. The van der Waals surface area contributed by atoms with Crippen molar-refractivity contribution in [3.8, 4) is 0 Å². The quantitative estimate of drug-likeness (QED) is 0.907. The van der Waals surface area contributed by atoms with Crippen LogP contribution in [-0.4, -0.2) is 27.4 Å². The van der Waals surface area contributed by atoms with Crippen molar-refractivity contribution in [3.63, 3.8) is 0 Å². The van der Waals surface area contributed by atoms with Crippen LogP contribution in [0.4, 0.5) is 0 Å². The molecule has 106 valence electrons. The summed E-state index contributed by atoms with van der Waals surface area (Å²) < 4.78 is 7.84. The molecule has 2 aliphatic rings. The zero-order chi connectivity index (χ0) is 13.2. The van der Waals surface area contributed by atoms with Crippen LogP contribution in [-0.2, 0) is 11.8 Å². The van der Waals surface area contributed by atoms with Crippen LogP contribution < -0.4 is 5.73 Å². The maximum atomic E-state index is 5.93. The van der Waals surface area contributed by atoms with E-state index in [0.29, 0.717) is 12.5 Å². The molecule has 1 aliphatic heterocycles. The number of hydrogen-bond donors (Lipinski definition) is 1. The average molecular weight is 264 g/mol. The Hall–Kier alpha value is -0.940. The largest absolute Gasteiger partial charge is 0.366 e. The highest BCUT2D eigenvalue weighted by Gasteiger charge is 2.30. The van der Waals surface area contributed by atoms with Crippen LogP contribution in [0, 0.1) is 0 Å². The highest BCUT2D eigenvalue weighted by molar-refractivity contribution is 5.04. The standard InChI is InChI=1S/C14H24N4O/c1-18-14(12-8-7-11(9-15)19-12)16-13(17-18)10-5-3-2-4-6-10/h10-12H,2-9,15H2,1H3. The monoisotopic (exact) mass is 264 g/mol. The normalized spacial score (nSPS) is 28.9. The van der Waals surface area contributed by atoms with Crippen LogP contribution in [0.1, 0.15) is 68.6 Å². The van der Waals surface area contributed by atoms with Crippen molar-refractivity contribution in [2.24, 2.45) is 12.8 Å². The molecule has 1 aromatic rings. The summed E-state index contributed by atoms with van der Waals surface area (Å²) in [6, 6.07) is 0. The van der Waals surface area contributed by atoms with E-state index in [1.165, 1.54) is 32.1 Å². The van der Waals surface area contributed by atoms with E-state index in [1.54, 1.807) is 0 Å². The third-order valence-electron chi connectivity index (χ3n) is 4.44. The van der Waals surface area contributed by atoms with Gasteiger partial charge in [0.2, 0.25) is 0 Å². The van der Waals surface area contributed by atoms with E-state index < -0.39 is 0 Å². The molecular formula is C14H24N4O. The van der Waals surface area contributed by atoms with Crippen molar-refractivity contribution in [1.29, 1.82) is 0 Å². The summed E-state index contributed by atoms with van der Waals surface area (Å²) in [6.07, 6.45) is 8.79. The fourth-order valence-corrected chi connectivity index (χ4v) is 3.30. The molecule has 1 aliphatic carbocycles. The van der Waals surface area contributed by atoms with E-state index in [9.17, 15) is 0 Å². The summed E-state index contributed by atoms with van der Waals surface area (Å²) in [6.45, 7) is 0.601. The van der Waals surface area contributed by atoms with Crippen LogP contribution in [0.3, 0.4) is 0 Å². The van der Waals surface area contributed by atoms with Gasteiger partial charge in [0.15, 0.2) is 11.6 Å². The third kappa shape index (κ3) is 2.67. The summed E-state index contributed by atoms with van der Waals surface area (Å²) in [5, 5.41) is 4.62. The Morgan fingerprint density at radius 3 is 2.68 bits per heavy atom. The second kappa shape index (κ2) is 5.59. The van der Waals surface area contributed by atoms with Gasteiger partial charge < -0.3 is 10.5 Å². The molecule has 0 bridgehead atoms. The van der Waals surface area contributed by atoms with Gasteiger partial charge in [-0.15, -0.1) is 0 Å². The SMILES string of the molecule is Cn1nc(C2CCCCC2)nc1C1CCC(CN)O1. The number of nitrogens with two attached hydrogens (primary N) is 1. The minimum Gasteiger partial charge on any atom is -0.366 e. The van der Waals surface area contributed by atoms with Gasteiger partial charge in [-0.2, -0.15) is 5.10 Å². The van der Waals surface area contributed by atoms with Gasteiger partial charge in [-0.1, -0.05) is 19.3 Å². The molecule has 1 saturated carbocycles. The van der Waals surface area contributed by atoms with Gasteiger partial charge in [0.25, 0.3) is 0 Å². The van der Waals surface area contributed by atoms with E-state index in [4.69, 9.17) is 15.5 Å². The minimum atomic E-state index is 0.0865. The van der Waals surface area contributed by atoms with Crippen LogP contribution in [0.15, 0.2) is 0 Å². The summed E-state index contributed by atoms with van der Waals surface area (Å²) in [5.74, 6) is 2.56. The fraction of sp³-hybridized carbons (Fsp3) is 0.857. The Labute approximate surface area is 114 Å². The molecule has 19 heavy (non-hydrogen) atoms. The smallest absolute Gasteiger partial charge is 0.156 e. The molecule has 1 saturated heterocycles. The van der Waals surface area contributed by atoms with Gasteiger partial charge in [-0.3, -0.25) is 4.68 Å². The molecular weight excluding hydrogens is 240 g/mol. The topological polar surface area (TPSA) is 66.0 Å². The lowest BCUT2D eigenvalue weighted by molar-refractivity contribution is 0.0427. The second-order valence-electron chi connectivity index (χ2n) is 5.85. The van der Waals surface area contributed by atoms with Crippen molar-refractivity contribution < 1.29 is 4.74 Å². The van der Waals surface area contributed by atoms with E-state index in [1.807, 2.05) is 11.7 Å². The van der Waals surface area contributed by atoms with E-state index in [-0.39, 0.29) is 12.2 Å².